The van der Waals surface area contributed by atoms with Crippen molar-refractivity contribution in [2.24, 2.45) is 11.8 Å². The lowest BCUT2D eigenvalue weighted by Gasteiger charge is -2.26. The van der Waals surface area contributed by atoms with Crippen LogP contribution < -0.4 is 10.1 Å². The lowest BCUT2D eigenvalue weighted by molar-refractivity contribution is 0.0280. The molecule has 1 aliphatic heterocycles. The van der Waals surface area contributed by atoms with Crippen molar-refractivity contribution in [2.75, 3.05) is 25.5 Å². The molecule has 1 saturated carbocycles. The van der Waals surface area contributed by atoms with E-state index in [1.165, 1.54) is 0 Å². The average molecular weight is 415 g/mol. The van der Waals surface area contributed by atoms with Crippen LogP contribution in [0, 0.1) is 11.8 Å². The first-order valence-electron chi connectivity index (χ1n) is 10.5. The number of aromatic nitrogens is 2. The number of carbonyl (C=O) groups is 1. The summed E-state index contributed by atoms with van der Waals surface area (Å²) in [6.45, 7) is 7.06. The number of likely N-dealkylation sites (tertiary alicyclic amines) is 1. The fourth-order valence-electron chi connectivity index (χ4n) is 4.60. The van der Waals surface area contributed by atoms with Gasteiger partial charge in [-0.3, -0.25) is 0 Å². The Balaban J connectivity index is 1.46. The Morgan fingerprint density at radius 1 is 1.27 bits per heavy atom. The molecule has 1 amide bonds. The molecule has 0 aromatic carbocycles. The smallest absolute Gasteiger partial charge is 0.410 e. The number of nitrogens with zero attached hydrogens (tertiary/aromatic N) is 3. The number of hydrogen-bond acceptors (Lipinski definition) is 7. The topological polar surface area (TPSA) is 96.8 Å². The first kappa shape index (κ1) is 20.7. The van der Waals surface area contributed by atoms with Crippen LogP contribution in [0.5, 0.6) is 5.88 Å². The minimum Gasteiger partial charge on any atom is -0.481 e. The highest BCUT2D eigenvalue weighted by Crippen LogP contribution is 2.40. The molecule has 0 radical (unpaired) electrons. The lowest BCUT2D eigenvalue weighted by Crippen LogP contribution is -2.36. The van der Waals surface area contributed by atoms with Gasteiger partial charge in [-0.1, -0.05) is 0 Å². The molecule has 8 heteroatoms. The Morgan fingerprint density at radius 2 is 1.97 bits per heavy atom. The third-order valence-corrected chi connectivity index (χ3v) is 5.91. The van der Waals surface area contributed by atoms with E-state index < -0.39 is 5.60 Å². The number of methoxy groups -OCH3 is 1. The maximum absolute atomic E-state index is 12.4. The molecular weight excluding hydrogens is 384 g/mol. The molecule has 2 aromatic rings. The zero-order valence-corrected chi connectivity index (χ0v) is 18.0. The number of anilines is 1. The zero-order valence-electron chi connectivity index (χ0n) is 18.0. The van der Waals surface area contributed by atoms with Crippen LogP contribution in [-0.4, -0.2) is 57.9 Å². The van der Waals surface area contributed by atoms with Gasteiger partial charge in [-0.25, -0.2) is 9.78 Å². The van der Waals surface area contributed by atoms with E-state index in [9.17, 15) is 9.90 Å². The largest absolute Gasteiger partial charge is 0.481 e. The highest BCUT2D eigenvalue weighted by molar-refractivity contribution is 5.91. The predicted molar refractivity (Wildman–Crippen MR) is 113 cm³/mol. The number of aliphatic hydroxyl groups is 1. The van der Waals surface area contributed by atoms with Crippen LogP contribution in [0.15, 0.2) is 18.3 Å². The Kier molecular flexibility index (Phi) is 5.44. The van der Waals surface area contributed by atoms with Gasteiger partial charge in [0.1, 0.15) is 5.60 Å². The van der Waals surface area contributed by atoms with Gasteiger partial charge in [-0.05, 0) is 51.5 Å². The van der Waals surface area contributed by atoms with E-state index in [1.54, 1.807) is 19.4 Å². The molecule has 2 N–H and O–H groups in total. The number of fused-ring (bicyclic) bond motifs is 2. The Labute approximate surface area is 176 Å². The van der Waals surface area contributed by atoms with Gasteiger partial charge in [0.05, 0.1) is 19.4 Å². The summed E-state index contributed by atoms with van der Waals surface area (Å²) in [6.07, 6.45) is 3.39. The van der Waals surface area contributed by atoms with E-state index in [2.05, 4.69) is 15.3 Å². The third-order valence-electron chi connectivity index (χ3n) is 5.91. The Hall–Kier alpha value is -2.61. The fraction of sp³-hybridized carbons (Fsp3) is 0.591. The van der Waals surface area contributed by atoms with Crippen LogP contribution in [0.4, 0.5) is 10.5 Å². The van der Waals surface area contributed by atoms with Gasteiger partial charge < -0.3 is 24.8 Å². The maximum atomic E-state index is 12.4. The van der Waals surface area contributed by atoms with E-state index in [1.807, 2.05) is 31.7 Å². The molecule has 0 spiro atoms. The second kappa shape index (κ2) is 7.91. The predicted octanol–water partition coefficient (Wildman–Crippen LogP) is 3.19. The molecular formula is C22H30N4O4. The van der Waals surface area contributed by atoms with Crippen molar-refractivity contribution >= 4 is 22.8 Å². The van der Waals surface area contributed by atoms with Crippen LogP contribution in [0.1, 0.15) is 39.2 Å². The number of rotatable bonds is 4. The molecule has 2 fully saturated rings. The zero-order chi connectivity index (χ0) is 21.5. The van der Waals surface area contributed by atoms with E-state index in [-0.39, 0.29) is 18.7 Å². The van der Waals surface area contributed by atoms with Crippen LogP contribution in [0.2, 0.25) is 0 Å². The molecule has 8 nitrogen and oxygen atoms in total. The summed E-state index contributed by atoms with van der Waals surface area (Å²) in [4.78, 5) is 23.0. The molecule has 2 aliphatic rings. The first-order valence-corrected chi connectivity index (χ1v) is 10.5. The minimum atomic E-state index is -0.474. The van der Waals surface area contributed by atoms with E-state index in [4.69, 9.17) is 9.47 Å². The van der Waals surface area contributed by atoms with Crippen LogP contribution in [0.25, 0.3) is 11.0 Å². The van der Waals surface area contributed by atoms with Gasteiger partial charge in [0, 0.05) is 42.3 Å². The lowest BCUT2D eigenvalue weighted by atomic mass is 10.0. The molecule has 162 valence electrons. The van der Waals surface area contributed by atoms with Crippen molar-refractivity contribution in [2.45, 2.75) is 51.9 Å². The summed E-state index contributed by atoms with van der Waals surface area (Å²) in [5.74, 6) is 1.42. The Bertz CT molecular complexity index is 929. The summed E-state index contributed by atoms with van der Waals surface area (Å²) in [5, 5.41) is 14.3. The normalized spacial score (nSPS) is 23.5. The van der Waals surface area contributed by atoms with Gasteiger partial charge in [-0.15, -0.1) is 0 Å². The van der Waals surface area contributed by atoms with E-state index >= 15 is 0 Å². The molecule has 0 bridgehead atoms. The highest BCUT2D eigenvalue weighted by Gasteiger charge is 2.43. The van der Waals surface area contributed by atoms with Gasteiger partial charge in [0.25, 0.3) is 0 Å². The quantitative estimate of drug-likeness (QED) is 0.793. The summed E-state index contributed by atoms with van der Waals surface area (Å²) >= 11 is 0. The van der Waals surface area contributed by atoms with Crippen LogP contribution >= 0.6 is 0 Å². The molecule has 1 aliphatic carbocycles. The molecule has 1 saturated heterocycles. The summed E-state index contributed by atoms with van der Waals surface area (Å²) in [7, 11) is 1.58. The first-order chi connectivity index (χ1) is 14.3. The minimum absolute atomic E-state index is 0.0939. The van der Waals surface area contributed by atoms with Crippen molar-refractivity contribution < 1.29 is 19.4 Å². The van der Waals surface area contributed by atoms with Gasteiger partial charge in [0.15, 0.2) is 5.65 Å². The summed E-state index contributed by atoms with van der Waals surface area (Å²) in [6, 6.07) is 4.01. The summed E-state index contributed by atoms with van der Waals surface area (Å²) < 4.78 is 10.7. The van der Waals surface area contributed by atoms with Crippen molar-refractivity contribution in [3.63, 3.8) is 0 Å². The number of amides is 1. The number of carbonyl (C=O) groups excluding carboxylic acids is 1. The molecule has 30 heavy (non-hydrogen) atoms. The number of ether oxygens (including phenoxy) is 2. The van der Waals surface area contributed by atoms with Gasteiger partial charge in [-0.2, -0.15) is 4.98 Å². The summed E-state index contributed by atoms with van der Waals surface area (Å²) in [5.41, 5.74) is 1.75. The second-order valence-corrected chi connectivity index (χ2v) is 9.26. The van der Waals surface area contributed by atoms with E-state index in [0.717, 1.165) is 42.6 Å². The maximum Gasteiger partial charge on any atom is 0.410 e. The number of hydrogen-bond donors (Lipinski definition) is 2. The number of pyridine rings is 2. The molecule has 3 heterocycles. The molecule has 2 atom stereocenters. The van der Waals surface area contributed by atoms with E-state index in [0.29, 0.717) is 23.4 Å². The highest BCUT2D eigenvalue weighted by atomic mass is 16.6. The molecule has 4 rings (SSSR count). The standard InChI is InChI=1S/C22H30N4O4/c1-22(2,3)30-21(28)26-10-13-7-16(8-14(13)11-26)24-19-15(12-27)9-23-20-17(19)5-6-18(25-20)29-4/h5-6,9,13-14,16,27H,7-8,10-12H2,1-4H3,(H,23,24,25). The third kappa shape index (κ3) is 4.14. The number of aliphatic hydroxyl groups excluding tert-OH is 1. The van der Waals surface area contributed by atoms with Crippen molar-refractivity contribution in [3.05, 3.63) is 23.9 Å². The monoisotopic (exact) mass is 414 g/mol. The second-order valence-electron chi connectivity index (χ2n) is 9.26. The van der Waals surface area contributed by atoms with Crippen LogP contribution in [-0.2, 0) is 11.3 Å². The molecule has 2 aromatic heterocycles. The SMILES string of the molecule is COc1ccc2c(NC3CC4CN(C(=O)OC(C)(C)C)CC4C3)c(CO)cnc2n1. The Morgan fingerprint density at radius 3 is 2.57 bits per heavy atom. The van der Waals surface area contributed by atoms with Crippen molar-refractivity contribution in [1.82, 2.24) is 14.9 Å². The van der Waals surface area contributed by atoms with Crippen molar-refractivity contribution in [3.8, 4) is 5.88 Å². The van der Waals surface area contributed by atoms with Crippen LogP contribution in [0.3, 0.4) is 0 Å². The van der Waals surface area contributed by atoms with Gasteiger partial charge in [0.2, 0.25) is 5.88 Å². The fourth-order valence-corrected chi connectivity index (χ4v) is 4.60. The van der Waals surface area contributed by atoms with Gasteiger partial charge >= 0.3 is 6.09 Å². The number of nitrogens with one attached hydrogen (secondary N) is 1. The molecule has 2 unspecified atom stereocenters. The average Bonchev–Trinajstić information content (AvgIpc) is 3.25. The van der Waals surface area contributed by atoms with Crippen molar-refractivity contribution in [1.29, 1.82) is 0 Å².